The van der Waals surface area contributed by atoms with Gasteiger partial charge in [-0.2, -0.15) is 0 Å². The molecule has 0 spiro atoms. The van der Waals surface area contributed by atoms with Crippen LogP contribution < -0.4 is 15.8 Å². The minimum absolute atomic E-state index is 0.0280. The van der Waals surface area contributed by atoms with Gasteiger partial charge in [-0.25, -0.2) is 9.18 Å². The van der Waals surface area contributed by atoms with E-state index in [2.05, 4.69) is 10.3 Å². The van der Waals surface area contributed by atoms with Gasteiger partial charge in [0.05, 0.1) is 17.5 Å². The van der Waals surface area contributed by atoms with Crippen molar-refractivity contribution in [2.75, 3.05) is 5.32 Å². The number of nitrogens with zero attached hydrogens (tertiary/aromatic N) is 1. The quantitative estimate of drug-likeness (QED) is 0.214. The number of carbonyl (C=O) groups is 2. The molecule has 34 heavy (non-hydrogen) atoms. The SMILES string of the molecule is C\C=C/C=C(\C=C\c1cc(C(=O)Nc2ccncc2F)ccc1CN)C(=O)Oc1ccccc1. The van der Waals surface area contributed by atoms with E-state index >= 15 is 0 Å². The predicted molar refractivity (Wildman–Crippen MR) is 130 cm³/mol. The molecule has 172 valence electrons. The summed E-state index contributed by atoms with van der Waals surface area (Å²) in [4.78, 5) is 29.0. The maximum absolute atomic E-state index is 13.8. The van der Waals surface area contributed by atoms with Crippen molar-refractivity contribution in [3.05, 3.63) is 119 Å². The number of allylic oxidation sites excluding steroid dienone is 3. The molecule has 0 atom stereocenters. The first-order chi connectivity index (χ1) is 16.5. The standard InChI is InChI=1S/C27H24FN3O3/c1-2-3-7-19(27(33)34-23-8-5-4-6-9-23)10-11-20-16-21(12-13-22(20)17-29)26(32)31-25-14-15-30-18-24(25)28/h2-16,18H,17,29H2,1H3,(H,30,31,32)/b3-2-,11-10+,19-7+. The molecule has 0 aliphatic rings. The van der Waals surface area contributed by atoms with E-state index in [1.807, 2.05) is 13.0 Å². The first kappa shape index (κ1) is 24.3. The predicted octanol–water partition coefficient (Wildman–Crippen LogP) is 5.05. The number of pyridine rings is 1. The number of hydrogen-bond donors (Lipinski definition) is 2. The number of hydrogen-bond acceptors (Lipinski definition) is 5. The van der Waals surface area contributed by atoms with Gasteiger partial charge in [-0.05, 0) is 60.5 Å². The minimum atomic E-state index is -0.634. The van der Waals surface area contributed by atoms with Gasteiger partial charge in [-0.1, -0.05) is 42.5 Å². The van der Waals surface area contributed by atoms with E-state index in [9.17, 15) is 14.0 Å². The number of carbonyl (C=O) groups excluding carboxylic acids is 2. The van der Waals surface area contributed by atoms with Gasteiger partial charge in [0.15, 0.2) is 5.82 Å². The first-order valence-electron chi connectivity index (χ1n) is 10.5. The van der Waals surface area contributed by atoms with Crippen molar-refractivity contribution < 1.29 is 18.7 Å². The number of amides is 1. The molecule has 0 bridgehead atoms. The summed E-state index contributed by atoms with van der Waals surface area (Å²) in [5.74, 6) is -1.23. The van der Waals surface area contributed by atoms with Crippen molar-refractivity contribution in [3.63, 3.8) is 0 Å². The van der Waals surface area contributed by atoms with Crippen LogP contribution in [0.5, 0.6) is 5.75 Å². The molecule has 1 amide bonds. The smallest absolute Gasteiger partial charge is 0.343 e. The third-order valence-electron chi connectivity index (χ3n) is 4.75. The number of nitrogens with one attached hydrogen (secondary N) is 1. The average molecular weight is 458 g/mol. The zero-order valence-electron chi connectivity index (χ0n) is 18.6. The Morgan fingerprint density at radius 1 is 1.15 bits per heavy atom. The molecule has 3 rings (SSSR count). The monoisotopic (exact) mass is 457 g/mol. The van der Waals surface area contributed by atoms with Crippen LogP contribution in [0.4, 0.5) is 10.1 Å². The Hall–Kier alpha value is -4.36. The molecule has 1 heterocycles. The second kappa shape index (κ2) is 12.0. The number of rotatable bonds is 8. The van der Waals surface area contributed by atoms with E-state index in [0.29, 0.717) is 22.4 Å². The fraction of sp³-hybridized carbons (Fsp3) is 0.0741. The van der Waals surface area contributed by atoms with Crippen LogP contribution in [-0.2, 0) is 11.3 Å². The lowest BCUT2D eigenvalue weighted by Crippen LogP contribution is -2.14. The fourth-order valence-electron chi connectivity index (χ4n) is 2.97. The van der Waals surface area contributed by atoms with Gasteiger partial charge in [-0.3, -0.25) is 9.78 Å². The lowest BCUT2D eigenvalue weighted by Gasteiger charge is -2.09. The van der Waals surface area contributed by atoms with E-state index in [4.69, 9.17) is 10.5 Å². The topological polar surface area (TPSA) is 94.3 Å². The highest BCUT2D eigenvalue weighted by Gasteiger charge is 2.12. The maximum Gasteiger partial charge on any atom is 0.343 e. The molecule has 0 aliphatic carbocycles. The van der Waals surface area contributed by atoms with Gasteiger partial charge < -0.3 is 15.8 Å². The zero-order valence-corrected chi connectivity index (χ0v) is 18.6. The van der Waals surface area contributed by atoms with Gasteiger partial charge in [0.2, 0.25) is 0 Å². The van der Waals surface area contributed by atoms with Crippen molar-refractivity contribution in [2.24, 2.45) is 5.73 Å². The van der Waals surface area contributed by atoms with Crippen molar-refractivity contribution in [1.82, 2.24) is 4.98 Å². The number of anilines is 1. The number of para-hydroxylation sites is 1. The van der Waals surface area contributed by atoms with E-state index in [0.717, 1.165) is 11.8 Å². The molecule has 7 heteroatoms. The van der Waals surface area contributed by atoms with Gasteiger partial charge in [0.1, 0.15) is 5.75 Å². The summed E-state index contributed by atoms with van der Waals surface area (Å²) < 4.78 is 19.3. The molecule has 0 fully saturated rings. The zero-order chi connectivity index (χ0) is 24.3. The lowest BCUT2D eigenvalue weighted by atomic mass is 10.0. The molecule has 0 saturated heterocycles. The van der Waals surface area contributed by atoms with Gasteiger partial charge in [0.25, 0.3) is 5.91 Å². The molecule has 0 radical (unpaired) electrons. The van der Waals surface area contributed by atoms with Crippen molar-refractivity contribution in [1.29, 1.82) is 0 Å². The van der Waals surface area contributed by atoms with Gasteiger partial charge in [0, 0.05) is 18.3 Å². The summed E-state index contributed by atoms with van der Waals surface area (Å²) in [6.45, 7) is 2.06. The van der Waals surface area contributed by atoms with Gasteiger partial charge in [-0.15, -0.1) is 0 Å². The molecule has 2 aromatic carbocycles. The van der Waals surface area contributed by atoms with E-state index < -0.39 is 17.7 Å². The highest BCUT2D eigenvalue weighted by atomic mass is 19.1. The average Bonchev–Trinajstić information content (AvgIpc) is 2.85. The van der Waals surface area contributed by atoms with Crippen LogP contribution >= 0.6 is 0 Å². The Labute approximate surface area is 197 Å². The number of aromatic nitrogens is 1. The Balaban J connectivity index is 1.86. The molecule has 3 N–H and O–H groups in total. The second-order valence-corrected chi connectivity index (χ2v) is 7.11. The van der Waals surface area contributed by atoms with Crippen LogP contribution in [-0.4, -0.2) is 16.9 Å². The number of ether oxygens (including phenoxy) is 1. The molecule has 6 nitrogen and oxygen atoms in total. The molecule has 0 unspecified atom stereocenters. The highest BCUT2D eigenvalue weighted by Crippen LogP contribution is 2.19. The second-order valence-electron chi connectivity index (χ2n) is 7.11. The molecule has 0 saturated carbocycles. The molecule has 0 aliphatic heterocycles. The van der Waals surface area contributed by atoms with Crippen LogP contribution in [0.15, 0.2) is 96.9 Å². The fourth-order valence-corrected chi connectivity index (χ4v) is 2.97. The highest BCUT2D eigenvalue weighted by molar-refractivity contribution is 6.04. The Kier molecular flexibility index (Phi) is 8.60. The third kappa shape index (κ3) is 6.57. The molecule has 3 aromatic rings. The summed E-state index contributed by atoms with van der Waals surface area (Å²) in [7, 11) is 0. The number of esters is 1. The first-order valence-corrected chi connectivity index (χ1v) is 10.5. The van der Waals surface area contributed by atoms with E-state index in [-0.39, 0.29) is 12.2 Å². The summed E-state index contributed by atoms with van der Waals surface area (Å²) in [6.07, 6.45) is 10.8. The number of nitrogens with two attached hydrogens (primary N) is 1. The van der Waals surface area contributed by atoms with Crippen LogP contribution in [0, 0.1) is 5.82 Å². The number of halogens is 1. The minimum Gasteiger partial charge on any atom is -0.423 e. The summed E-state index contributed by atoms with van der Waals surface area (Å²) in [5, 5.41) is 2.53. The lowest BCUT2D eigenvalue weighted by molar-refractivity contribution is -0.129. The van der Waals surface area contributed by atoms with Crippen LogP contribution in [0.2, 0.25) is 0 Å². The Bertz CT molecular complexity index is 1250. The third-order valence-corrected chi connectivity index (χ3v) is 4.75. The summed E-state index contributed by atoms with van der Waals surface area (Å²) >= 11 is 0. The van der Waals surface area contributed by atoms with E-state index in [1.165, 1.54) is 12.3 Å². The summed E-state index contributed by atoms with van der Waals surface area (Å²) in [5.41, 5.74) is 7.91. The molecule has 1 aromatic heterocycles. The summed E-state index contributed by atoms with van der Waals surface area (Å²) in [6, 6.07) is 15.1. The van der Waals surface area contributed by atoms with Crippen LogP contribution in [0.25, 0.3) is 6.08 Å². The van der Waals surface area contributed by atoms with Gasteiger partial charge >= 0.3 is 5.97 Å². The maximum atomic E-state index is 13.8. The Morgan fingerprint density at radius 2 is 1.94 bits per heavy atom. The largest absolute Gasteiger partial charge is 0.423 e. The Morgan fingerprint density at radius 3 is 2.65 bits per heavy atom. The van der Waals surface area contributed by atoms with Crippen LogP contribution in [0.1, 0.15) is 28.4 Å². The molecular formula is C27H24FN3O3. The van der Waals surface area contributed by atoms with Crippen molar-refractivity contribution in [3.8, 4) is 5.75 Å². The molecular weight excluding hydrogens is 433 g/mol. The van der Waals surface area contributed by atoms with Crippen molar-refractivity contribution >= 4 is 23.6 Å². The normalized spacial score (nSPS) is 11.7. The number of benzene rings is 2. The van der Waals surface area contributed by atoms with E-state index in [1.54, 1.807) is 72.8 Å². The van der Waals surface area contributed by atoms with Crippen molar-refractivity contribution in [2.45, 2.75) is 13.5 Å². The van der Waals surface area contributed by atoms with Crippen LogP contribution in [0.3, 0.4) is 0 Å².